The van der Waals surface area contributed by atoms with E-state index in [0.29, 0.717) is 24.1 Å². The summed E-state index contributed by atoms with van der Waals surface area (Å²) in [6, 6.07) is 9.04. The number of rotatable bonds is 4. The fraction of sp³-hybridized carbons (Fsp3) is 0.600. The molecule has 4 aliphatic rings. The number of carbonyl (C=O) groups is 2. The zero-order valence-electron chi connectivity index (χ0n) is 14.7. The first-order valence-corrected chi connectivity index (χ1v) is 9.30. The molecule has 0 radical (unpaired) electrons. The Bertz CT molecular complexity index is 630. The minimum atomic E-state index is -0.624. The second-order valence-corrected chi connectivity index (χ2v) is 7.97. The van der Waals surface area contributed by atoms with Crippen molar-refractivity contribution in [3.63, 3.8) is 0 Å². The summed E-state index contributed by atoms with van der Waals surface area (Å²) >= 11 is 0. The third-order valence-electron chi connectivity index (χ3n) is 6.66. The Balaban J connectivity index is 1.39. The lowest BCUT2D eigenvalue weighted by molar-refractivity contribution is -0.188. The van der Waals surface area contributed by atoms with E-state index < -0.39 is 11.8 Å². The largest absolute Gasteiger partial charge is 0.376 e. The van der Waals surface area contributed by atoms with Gasteiger partial charge in [-0.3, -0.25) is 9.59 Å². The number of hydrogen-bond donors (Lipinski definition) is 2. The van der Waals surface area contributed by atoms with Gasteiger partial charge in [-0.1, -0.05) is 18.2 Å². The lowest BCUT2D eigenvalue weighted by Gasteiger charge is -2.60. The zero-order valence-corrected chi connectivity index (χ0v) is 14.7. The monoisotopic (exact) mass is 342 g/mol. The fourth-order valence-electron chi connectivity index (χ4n) is 5.68. The van der Waals surface area contributed by atoms with Crippen LogP contribution >= 0.6 is 0 Å². The van der Waals surface area contributed by atoms with Crippen LogP contribution in [0, 0.1) is 23.7 Å². The van der Waals surface area contributed by atoms with Gasteiger partial charge in [0.1, 0.15) is 0 Å². The number of amides is 2. The summed E-state index contributed by atoms with van der Waals surface area (Å²) in [4.78, 5) is 24.4. The van der Waals surface area contributed by atoms with Crippen LogP contribution in [0.4, 0.5) is 5.69 Å². The molecule has 134 valence electrons. The van der Waals surface area contributed by atoms with Gasteiger partial charge in [-0.25, -0.2) is 0 Å². The molecule has 1 aromatic carbocycles. The number of carbonyl (C=O) groups excluding carboxylic acids is 2. The average molecular weight is 342 g/mol. The number of nitrogens with one attached hydrogen (secondary N) is 2. The van der Waals surface area contributed by atoms with Crippen molar-refractivity contribution in [2.45, 2.75) is 37.7 Å². The normalized spacial score (nSPS) is 35.4. The number of ether oxygens (including phenoxy) is 1. The Hall–Kier alpha value is -1.88. The van der Waals surface area contributed by atoms with Gasteiger partial charge < -0.3 is 15.4 Å². The number of benzene rings is 1. The summed E-state index contributed by atoms with van der Waals surface area (Å²) in [7, 11) is 1.76. The third kappa shape index (κ3) is 2.95. The highest BCUT2D eigenvalue weighted by Gasteiger charge is 2.57. The van der Waals surface area contributed by atoms with E-state index >= 15 is 0 Å². The Labute approximate surface area is 148 Å². The van der Waals surface area contributed by atoms with Crippen molar-refractivity contribution in [1.82, 2.24) is 5.32 Å². The maximum Gasteiger partial charge on any atom is 0.313 e. The molecule has 0 aliphatic heterocycles. The maximum absolute atomic E-state index is 12.3. The highest BCUT2D eigenvalue weighted by molar-refractivity contribution is 6.39. The van der Waals surface area contributed by atoms with Crippen molar-refractivity contribution < 1.29 is 14.3 Å². The summed E-state index contributed by atoms with van der Waals surface area (Å²) in [5, 5.41) is 5.48. The minimum absolute atomic E-state index is 0.296. The molecule has 4 aliphatic carbocycles. The summed E-state index contributed by atoms with van der Waals surface area (Å²) in [6.45, 7) is 0.430. The standard InChI is InChI=1S/C20H26N2O3/c1-25-20(15-8-13-7-14(10-15)11-16(20)9-13)12-21-18(23)19(24)22-17-5-3-2-4-6-17/h2-6,13-16H,7-12H2,1H3,(H,21,23)(H,22,24). The maximum atomic E-state index is 12.3. The molecule has 4 saturated carbocycles. The number of hydrogen-bond acceptors (Lipinski definition) is 3. The van der Waals surface area contributed by atoms with Gasteiger partial charge in [-0.2, -0.15) is 0 Å². The third-order valence-corrected chi connectivity index (χ3v) is 6.66. The smallest absolute Gasteiger partial charge is 0.313 e. The van der Waals surface area contributed by atoms with Crippen LogP contribution in [0.1, 0.15) is 32.1 Å². The molecule has 0 saturated heterocycles. The Morgan fingerprint density at radius 2 is 1.60 bits per heavy atom. The Morgan fingerprint density at radius 3 is 2.16 bits per heavy atom. The molecule has 5 heteroatoms. The molecular weight excluding hydrogens is 316 g/mol. The molecular formula is C20H26N2O3. The first-order chi connectivity index (χ1) is 12.1. The Kier molecular flexibility index (Phi) is 4.28. The first kappa shape index (κ1) is 16.6. The van der Waals surface area contributed by atoms with E-state index in [1.54, 1.807) is 19.2 Å². The van der Waals surface area contributed by atoms with Crippen LogP contribution in [-0.4, -0.2) is 31.1 Å². The van der Waals surface area contributed by atoms with Gasteiger partial charge in [0.05, 0.1) is 5.60 Å². The van der Waals surface area contributed by atoms with Crippen LogP contribution in [0.2, 0.25) is 0 Å². The summed E-state index contributed by atoms with van der Waals surface area (Å²) < 4.78 is 6.02. The van der Waals surface area contributed by atoms with Crippen LogP contribution in [0.3, 0.4) is 0 Å². The molecule has 1 aromatic rings. The van der Waals surface area contributed by atoms with Crippen LogP contribution < -0.4 is 10.6 Å². The molecule has 0 atom stereocenters. The van der Waals surface area contributed by atoms with Crippen molar-refractivity contribution in [3.8, 4) is 0 Å². The van der Waals surface area contributed by atoms with Gasteiger partial charge in [0.25, 0.3) is 0 Å². The second kappa shape index (κ2) is 6.45. The molecule has 4 fully saturated rings. The van der Waals surface area contributed by atoms with E-state index in [-0.39, 0.29) is 5.60 Å². The van der Waals surface area contributed by atoms with E-state index in [1.807, 2.05) is 18.2 Å². The number of anilines is 1. The van der Waals surface area contributed by atoms with Gasteiger partial charge in [-0.15, -0.1) is 0 Å². The highest BCUT2D eigenvalue weighted by Crippen LogP contribution is 2.59. The van der Waals surface area contributed by atoms with Crippen molar-refractivity contribution in [2.75, 3.05) is 19.0 Å². The molecule has 0 unspecified atom stereocenters. The SMILES string of the molecule is COC1(CNC(=O)C(=O)Nc2ccccc2)C2CC3CC(C2)CC1C3. The molecule has 25 heavy (non-hydrogen) atoms. The molecule has 2 amide bonds. The number of para-hydroxylation sites is 1. The minimum Gasteiger partial charge on any atom is -0.376 e. The fourth-order valence-corrected chi connectivity index (χ4v) is 5.68. The molecule has 0 heterocycles. The zero-order chi connectivity index (χ0) is 17.4. The summed E-state index contributed by atoms with van der Waals surface area (Å²) in [5.41, 5.74) is 0.328. The number of methoxy groups -OCH3 is 1. The highest BCUT2D eigenvalue weighted by atomic mass is 16.5. The van der Waals surface area contributed by atoms with E-state index in [2.05, 4.69) is 10.6 Å². The van der Waals surface area contributed by atoms with Gasteiger partial charge in [-0.05, 0) is 67.9 Å². The van der Waals surface area contributed by atoms with Crippen molar-refractivity contribution >= 4 is 17.5 Å². The topological polar surface area (TPSA) is 67.4 Å². The lowest BCUT2D eigenvalue weighted by atomic mass is 9.49. The van der Waals surface area contributed by atoms with Gasteiger partial charge in [0, 0.05) is 19.3 Å². The molecule has 0 spiro atoms. The molecule has 2 N–H and O–H groups in total. The van der Waals surface area contributed by atoms with Gasteiger partial charge in [0.2, 0.25) is 0 Å². The van der Waals surface area contributed by atoms with E-state index in [9.17, 15) is 9.59 Å². The van der Waals surface area contributed by atoms with Crippen molar-refractivity contribution in [1.29, 1.82) is 0 Å². The van der Waals surface area contributed by atoms with E-state index in [4.69, 9.17) is 4.74 Å². The second-order valence-electron chi connectivity index (χ2n) is 7.97. The molecule has 5 nitrogen and oxygen atoms in total. The predicted molar refractivity (Wildman–Crippen MR) is 94.9 cm³/mol. The molecule has 4 bridgehead atoms. The quantitative estimate of drug-likeness (QED) is 0.827. The van der Waals surface area contributed by atoms with Gasteiger partial charge >= 0.3 is 11.8 Å². The summed E-state index contributed by atoms with van der Waals surface area (Å²) in [5.74, 6) is 1.47. The van der Waals surface area contributed by atoms with Crippen LogP contribution in [0.5, 0.6) is 0 Å². The Morgan fingerprint density at radius 1 is 1.00 bits per heavy atom. The van der Waals surface area contributed by atoms with Crippen LogP contribution in [-0.2, 0) is 14.3 Å². The van der Waals surface area contributed by atoms with E-state index in [1.165, 1.54) is 32.1 Å². The van der Waals surface area contributed by atoms with Gasteiger partial charge in [0.15, 0.2) is 0 Å². The molecule has 0 aromatic heterocycles. The average Bonchev–Trinajstić information content (AvgIpc) is 2.62. The van der Waals surface area contributed by atoms with Crippen LogP contribution in [0.15, 0.2) is 30.3 Å². The lowest BCUT2D eigenvalue weighted by Crippen LogP contribution is -2.63. The van der Waals surface area contributed by atoms with Crippen molar-refractivity contribution in [3.05, 3.63) is 30.3 Å². The van der Waals surface area contributed by atoms with Crippen LogP contribution in [0.25, 0.3) is 0 Å². The predicted octanol–water partition coefficient (Wildman–Crippen LogP) is 2.58. The molecule has 5 rings (SSSR count). The summed E-state index contributed by atoms with van der Waals surface area (Å²) in [6.07, 6.45) is 6.18. The first-order valence-electron chi connectivity index (χ1n) is 9.30. The van der Waals surface area contributed by atoms with Crippen molar-refractivity contribution in [2.24, 2.45) is 23.7 Å². The van der Waals surface area contributed by atoms with E-state index in [0.717, 1.165) is 11.8 Å².